The highest BCUT2D eigenvalue weighted by Crippen LogP contribution is 2.41. The molecule has 0 aliphatic carbocycles. The fraction of sp³-hybridized carbons (Fsp3) is 0.429. The molecule has 138 valence electrons. The quantitative estimate of drug-likeness (QED) is 0.828. The van der Waals surface area contributed by atoms with Gasteiger partial charge < -0.3 is 14.4 Å². The molecular weight excluding hydrogens is 328 g/mol. The molecule has 2 aliphatic heterocycles. The second-order valence-corrected chi connectivity index (χ2v) is 6.39. The van der Waals surface area contributed by atoms with Crippen LogP contribution in [0.1, 0.15) is 41.9 Å². The summed E-state index contributed by atoms with van der Waals surface area (Å²) in [5, 5.41) is 0. The van der Waals surface area contributed by atoms with Gasteiger partial charge in [-0.15, -0.1) is 0 Å². The van der Waals surface area contributed by atoms with Gasteiger partial charge in [-0.3, -0.25) is 9.78 Å². The second kappa shape index (κ2) is 7.98. The van der Waals surface area contributed by atoms with Crippen molar-refractivity contribution in [1.82, 2.24) is 9.88 Å². The molecule has 4 rings (SSSR count). The normalized spacial score (nSPS) is 24.4. The van der Waals surface area contributed by atoms with Crippen molar-refractivity contribution in [1.29, 1.82) is 0 Å². The Morgan fingerprint density at radius 1 is 1.19 bits per heavy atom. The number of nitrogens with zero attached hydrogens (tertiary/aromatic N) is 2. The monoisotopic (exact) mass is 354 g/mol. The lowest BCUT2D eigenvalue weighted by Crippen LogP contribution is -2.53. The zero-order valence-electron chi connectivity index (χ0n) is 15.6. The van der Waals surface area contributed by atoms with E-state index >= 15 is 0 Å². The molecule has 0 saturated carbocycles. The summed E-state index contributed by atoms with van der Waals surface area (Å²) in [4.78, 5) is 19.1. The number of aryl methyl sites for hydroxylation is 1. The van der Waals surface area contributed by atoms with Crippen molar-refractivity contribution >= 4 is 5.91 Å². The van der Waals surface area contributed by atoms with E-state index in [4.69, 9.17) is 9.47 Å². The Morgan fingerprint density at radius 2 is 1.96 bits per heavy atom. The highest BCUT2D eigenvalue weighted by molar-refractivity contribution is 5.94. The molecule has 2 saturated heterocycles. The Labute approximate surface area is 155 Å². The fourth-order valence-corrected chi connectivity index (χ4v) is 3.52. The van der Waals surface area contributed by atoms with Gasteiger partial charge >= 0.3 is 0 Å². The van der Waals surface area contributed by atoms with Crippen LogP contribution in [0.25, 0.3) is 0 Å². The second-order valence-electron chi connectivity index (χ2n) is 6.39. The number of piperidine rings is 1. The number of carbonyl (C=O) groups is 1. The number of fused-ring (bicyclic) bond motifs is 1. The van der Waals surface area contributed by atoms with E-state index in [0.29, 0.717) is 25.1 Å². The molecule has 2 fully saturated rings. The third-order valence-electron chi connectivity index (χ3n) is 4.93. The van der Waals surface area contributed by atoms with Crippen LogP contribution in [0.3, 0.4) is 0 Å². The average Bonchev–Trinajstić information content (AvgIpc) is 3.14. The topological polar surface area (TPSA) is 51.7 Å². The maximum Gasteiger partial charge on any atom is 0.253 e. The number of benzene rings is 1. The summed E-state index contributed by atoms with van der Waals surface area (Å²) in [6, 6.07) is 13.5. The molecule has 5 nitrogen and oxygen atoms in total. The summed E-state index contributed by atoms with van der Waals surface area (Å²) in [7, 11) is 0. The first kappa shape index (κ1) is 18.5. The fourth-order valence-electron chi connectivity index (χ4n) is 3.52. The van der Waals surface area contributed by atoms with Crippen molar-refractivity contribution in [3.63, 3.8) is 0 Å². The van der Waals surface area contributed by atoms with Crippen molar-refractivity contribution in [2.75, 3.05) is 19.9 Å². The minimum absolute atomic E-state index is 0.0418. The lowest BCUT2D eigenvalue weighted by molar-refractivity contribution is -0.0470. The molecule has 2 unspecified atom stereocenters. The number of hydrogen-bond donors (Lipinski definition) is 0. The van der Waals surface area contributed by atoms with Crippen molar-refractivity contribution in [3.8, 4) is 0 Å². The minimum atomic E-state index is -0.536. The van der Waals surface area contributed by atoms with E-state index in [1.165, 1.54) is 0 Å². The Balaban J connectivity index is 0.000000948. The predicted octanol–water partition coefficient (Wildman–Crippen LogP) is 3.53. The third-order valence-corrected chi connectivity index (χ3v) is 4.93. The molecule has 1 amide bonds. The first-order valence-electron chi connectivity index (χ1n) is 9.22. The van der Waals surface area contributed by atoms with E-state index in [0.717, 1.165) is 11.3 Å². The molecule has 0 spiro atoms. The molecule has 5 heteroatoms. The average molecular weight is 354 g/mol. The van der Waals surface area contributed by atoms with E-state index in [1.807, 2.05) is 68.1 Å². The third kappa shape index (κ3) is 3.37. The Kier molecular flexibility index (Phi) is 5.69. The van der Waals surface area contributed by atoms with Crippen LogP contribution in [-0.2, 0) is 15.1 Å². The van der Waals surface area contributed by atoms with Gasteiger partial charge in [-0.25, -0.2) is 0 Å². The number of amides is 1. The van der Waals surface area contributed by atoms with Gasteiger partial charge in [0.15, 0.2) is 0 Å². The predicted molar refractivity (Wildman–Crippen MR) is 99.8 cm³/mol. The SMILES string of the molecule is CC.Cc1ccc(C(=O)N2CCC3(c4ccccn4)OCOC3C2)cc1. The van der Waals surface area contributed by atoms with E-state index in [9.17, 15) is 4.79 Å². The summed E-state index contributed by atoms with van der Waals surface area (Å²) in [5.74, 6) is 0.0418. The van der Waals surface area contributed by atoms with Crippen LogP contribution in [0.15, 0.2) is 48.7 Å². The van der Waals surface area contributed by atoms with E-state index in [-0.39, 0.29) is 18.8 Å². The lowest BCUT2D eigenvalue weighted by Gasteiger charge is -2.41. The molecule has 2 atom stereocenters. The maximum absolute atomic E-state index is 12.8. The van der Waals surface area contributed by atoms with Gasteiger partial charge in [0.2, 0.25) is 0 Å². The molecule has 0 N–H and O–H groups in total. The molecule has 1 aromatic carbocycles. The number of ether oxygens (including phenoxy) is 2. The first-order valence-corrected chi connectivity index (χ1v) is 9.22. The summed E-state index contributed by atoms with van der Waals surface area (Å²) >= 11 is 0. The number of likely N-dealkylation sites (tertiary alicyclic amines) is 1. The van der Waals surface area contributed by atoms with Crippen LogP contribution in [0.4, 0.5) is 0 Å². The summed E-state index contributed by atoms with van der Waals surface area (Å²) in [6.07, 6.45) is 2.27. The molecular formula is C21H26N2O3. The smallest absolute Gasteiger partial charge is 0.253 e. The number of aromatic nitrogens is 1. The van der Waals surface area contributed by atoms with Gasteiger partial charge in [-0.05, 0) is 31.2 Å². The highest BCUT2D eigenvalue weighted by Gasteiger charge is 2.52. The Bertz CT molecular complexity index is 733. The highest BCUT2D eigenvalue weighted by atomic mass is 16.7. The molecule has 2 aromatic rings. The van der Waals surface area contributed by atoms with E-state index in [2.05, 4.69) is 4.98 Å². The molecule has 1 aromatic heterocycles. The maximum atomic E-state index is 12.8. The molecule has 0 radical (unpaired) electrons. The van der Waals surface area contributed by atoms with E-state index in [1.54, 1.807) is 6.20 Å². The number of rotatable bonds is 2. The zero-order valence-corrected chi connectivity index (χ0v) is 15.6. The minimum Gasteiger partial charge on any atom is -0.347 e. The van der Waals surface area contributed by atoms with Crippen molar-refractivity contribution in [2.24, 2.45) is 0 Å². The van der Waals surface area contributed by atoms with Crippen LogP contribution >= 0.6 is 0 Å². The Morgan fingerprint density at radius 3 is 2.65 bits per heavy atom. The van der Waals surface area contributed by atoms with Crippen LogP contribution < -0.4 is 0 Å². The number of carbonyl (C=O) groups excluding carboxylic acids is 1. The van der Waals surface area contributed by atoms with E-state index < -0.39 is 5.60 Å². The van der Waals surface area contributed by atoms with Gasteiger partial charge in [-0.1, -0.05) is 37.6 Å². The van der Waals surface area contributed by atoms with Crippen LogP contribution in [0.2, 0.25) is 0 Å². The summed E-state index contributed by atoms with van der Waals surface area (Å²) < 4.78 is 11.8. The lowest BCUT2D eigenvalue weighted by atomic mass is 9.85. The largest absolute Gasteiger partial charge is 0.347 e. The van der Waals surface area contributed by atoms with Gasteiger partial charge in [0.25, 0.3) is 5.91 Å². The molecule has 26 heavy (non-hydrogen) atoms. The van der Waals surface area contributed by atoms with Crippen LogP contribution in [0, 0.1) is 6.92 Å². The number of pyridine rings is 1. The van der Waals surface area contributed by atoms with Crippen LogP contribution in [-0.4, -0.2) is 41.8 Å². The standard InChI is InChI=1S/C19H20N2O3.C2H6/c1-14-5-7-15(8-6-14)18(22)21-11-9-19(16-4-2-3-10-20-16)17(12-21)23-13-24-19;1-2/h2-8,10,17H,9,11-13H2,1H3;1-2H3. The van der Waals surface area contributed by atoms with Gasteiger partial charge in [0.1, 0.15) is 18.5 Å². The molecule has 2 aliphatic rings. The van der Waals surface area contributed by atoms with Gasteiger partial charge in [-0.2, -0.15) is 0 Å². The first-order chi connectivity index (χ1) is 12.7. The summed E-state index contributed by atoms with van der Waals surface area (Å²) in [5.41, 5.74) is 2.21. The molecule has 3 heterocycles. The van der Waals surface area contributed by atoms with Crippen molar-refractivity contribution in [2.45, 2.75) is 38.9 Å². The van der Waals surface area contributed by atoms with Crippen molar-refractivity contribution < 1.29 is 14.3 Å². The van der Waals surface area contributed by atoms with Crippen molar-refractivity contribution in [3.05, 3.63) is 65.5 Å². The van der Waals surface area contributed by atoms with Gasteiger partial charge in [0, 0.05) is 24.7 Å². The number of hydrogen-bond acceptors (Lipinski definition) is 4. The van der Waals surface area contributed by atoms with Gasteiger partial charge in [0.05, 0.1) is 12.2 Å². The zero-order chi connectivity index (χ0) is 18.6. The van der Waals surface area contributed by atoms with Crippen LogP contribution in [0.5, 0.6) is 0 Å². The summed E-state index contributed by atoms with van der Waals surface area (Å²) in [6.45, 7) is 7.40. The molecule has 0 bridgehead atoms. The Hall–Kier alpha value is -2.24.